The fourth-order valence-corrected chi connectivity index (χ4v) is 3.65. The zero-order chi connectivity index (χ0) is 17.1. The van der Waals surface area contributed by atoms with Crippen LogP contribution in [0.2, 0.25) is 0 Å². The van der Waals surface area contributed by atoms with Gasteiger partial charge in [-0.3, -0.25) is 9.89 Å². The highest BCUT2D eigenvalue weighted by atomic mass is 35.5. The van der Waals surface area contributed by atoms with E-state index in [9.17, 15) is 4.79 Å². The minimum atomic E-state index is -0.145. The van der Waals surface area contributed by atoms with Gasteiger partial charge in [0.1, 0.15) is 0 Å². The first-order chi connectivity index (χ1) is 11.6. The Morgan fingerprint density at radius 1 is 1.40 bits per heavy atom. The van der Waals surface area contributed by atoms with E-state index in [1.54, 1.807) is 0 Å². The molecule has 0 bridgehead atoms. The number of nitrogens with one attached hydrogen (secondary N) is 3. The maximum Gasteiger partial charge on any atom is 0.276 e. The van der Waals surface area contributed by atoms with Crippen LogP contribution < -0.4 is 10.6 Å². The minimum Gasteiger partial charge on any atom is -0.320 e. The van der Waals surface area contributed by atoms with E-state index in [2.05, 4.69) is 47.7 Å². The van der Waals surface area contributed by atoms with Crippen molar-refractivity contribution in [1.29, 1.82) is 0 Å². The highest BCUT2D eigenvalue weighted by Gasteiger charge is 2.22. The number of amides is 1. The molecule has 2 heterocycles. The lowest BCUT2D eigenvalue weighted by atomic mass is 10.1. The Kier molecular flexibility index (Phi) is 6.93. The highest BCUT2D eigenvalue weighted by Crippen LogP contribution is 2.25. The zero-order valence-electron chi connectivity index (χ0n) is 14.8. The van der Waals surface area contributed by atoms with E-state index in [1.165, 1.54) is 5.56 Å². The molecule has 0 aliphatic carbocycles. The number of carbonyl (C=O) groups is 1. The second-order valence-electron chi connectivity index (χ2n) is 6.36. The molecule has 1 aromatic carbocycles. The van der Waals surface area contributed by atoms with Crippen molar-refractivity contribution < 1.29 is 4.79 Å². The third-order valence-corrected chi connectivity index (χ3v) is 5.43. The first-order valence-corrected chi connectivity index (χ1v) is 9.39. The van der Waals surface area contributed by atoms with E-state index in [0.717, 1.165) is 41.2 Å². The third-order valence-electron chi connectivity index (χ3n) is 4.29. The van der Waals surface area contributed by atoms with Crippen LogP contribution in [0.1, 0.15) is 46.7 Å². The van der Waals surface area contributed by atoms with Gasteiger partial charge in [-0.05, 0) is 29.4 Å². The van der Waals surface area contributed by atoms with Gasteiger partial charge in [-0.1, -0.05) is 26.0 Å². The second-order valence-corrected chi connectivity index (χ2v) is 7.92. The lowest BCUT2D eigenvalue weighted by Crippen LogP contribution is -2.25. The second kappa shape index (κ2) is 8.74. The summed E-state index contributed by atoms with van der Waals surface area (Å²) in [4.78, 5) is 12.7. The number of fused-ring (bicyclic) bond motifs is 1. The maximum absolute atomic E-state index is 12.7. The summed E-state index contributed by atoms with van der Waals surface area (Å²) in [6.45, 7) is 8.07. The number of halogens is 1. The largest absolute Gasteiger partial charge is 0.320 e. The lowest BCUT2D eigenvalue weighted by Gasteiger charge is -2.15. The smallest absolute Gasteiger partial charge is 0.276 e. The number of nitrogens with zero attached hydrogens (tertiary/aromatic N) is 1. The van der Waals surface area contributed by atoms with Crippen LogP contribution in [0.5, 0.6) is 0 Å². The number of benzene rings is 1. The average Bonchev–Trinajstić information content (AvgIpc) is 2.99. The van der Waals surface area contributed by atoms with E-state index in [4.69, 9.17) is 0 Å². The first kappa shape index (κ1) is 19.8. The van der Waals surface area contributed by atoms with Crippen LogP contribution in [0.3, 0.4) is 0 Å². The molecule has 3 rings (SSSR count). The number of anilines is 1. The predicted molar refractivity (Wildman–Crippen MR) is 107 cm³/mol. The van der Waals surface area contributed by atoms with E-state index >= 15 is 0 Å². The quantitative estimate of drug-likeness (QED) is 0.740. The molecule has 136 valence electrons. The molecule has 1 aliphatic heterocycles. The Balaban J connectivity index is 0.00000225. The Labute approximate surface area is 159 Å². The van der Waals surface area contributed by atoms with E-state index < -0.39 is 0 Å². The summed E-state index contributed by atoms with van der Waals surface area (Å²) in [7, 11) is 0. The number of thioether (sulfide) groups is 1. The summed E-state index contributed by atoms with van der Waals surface area (Å²) < 4.78 is 0. The number of carbonyl (C=O) groups excluding carboxylic acids is 1. The number of aromatic nitrogens is 2. The van der Waals surface area contributed by atoms with Gasteiger partial charge < -0.3 is 10.6 Å². The summed E-state index contributed by atoms with van der Waals surface area (Å²) in [6.07, 6.45) is 0.885. The normalized spacial score (nSPS) is 13.3. The van der Waals surface area contributed by atoms with Crippen LogP contribution in [0.25, 0.3) is 0 Å². The summed E-state index contributed by atoms with van der Waals surface area (Å²) in [5.41, 5.74) is 5.81. The molecule has 2 aromatic rings. The molecule has 0 radical (unpaired) electrons. The predicted octanol–water partition coefficient (Wildman–Crippen LogP) is 3.68. The topological polar surface area (TPSA) is 69.8 Å². The molecule has 7 heteroatoms. The molecule has 0 saturated heterocycles. The monoisotopic (exact) mass is 380 g/mol. The number of rotatable bonds is 5. The van der Waals surface area contributed by atoms with Crippen LogP contribution in [-0.2, 0) is 18.7 Å². The summed E-state index contributed by atoms with van der Waals surface area (Å²) in [5.74, 6) is 0.808. The Morgan fingerprint density at radius 2 is 2.20 bits per heavy atom. The zero-order valence-corrected chi connectivity index (χ0v) is 16.4. The van der Waals surface area contributed by atoms with Crippen molar-refractivity contribution in [3.63, 3.8) is 0 Å². The van der Waals surface area contributed by atoms with Crippen molar-refractivity contribution in [2.24, 2.45) is 0 Å². The Hall–Kier alpha value is -1.50. The van der Waals surface area contributed by atoms with Crippen LogP contribution in [-0.4, -0.2) is 27.9 Å². The first-order valence-electron chi connectivity index (χ1n) is 8.34. The van der Waals surface area contributed by atoms with Crippen molar-refractivity contribution >= 4 is 35.8 Å². The van der Waals surface area contributed by atoms with Crippen LogP contribution in [0.15, 0.2) is 18.2 Å². The molecule has 1 amide bonds. The molecular weight excluding hydrogens is 356 g/mol. The molecule has 25 heavy (non-hydrogen) atoms. The van der Waals surface area contributed by atoms with Crippen molar-refractivity contribution in [2.75, 3.05) is 11.9 Å². The summed E-state index contributed by atoms with van der Waals surface area (Å²) in [5, 5.41) is 14.1. The SMILES string of the molecule is Cc1c(CSC(C)C)cccc1NC(=O)c1n[nH]c2c1CNCC2.Cl. The van der Waals surface area contributed by atoms with Gasteiger partial charge in [-0.15, -0.1) is 12.4 Å². The van der Waals surface area contributed by atoms with Gasteiger partial charge in [0.25, 0.3) is 5.91 Å². The van der Waals surface area contributed by atoms with Gasteiger partial charge in [0.2, 0.25) is 0 Å². The van der Waals surface area contributed by atoms with Gasteiger partial charge in [-0.2, -0.15) is 16.9 Å². The van der Waals surface area contributed by atoms with Crippen LogP contribution in [0, 0.1) is 6.92 Å². The fourth-order valence-electron chi connectivity index (χ4n) is 2.83. The number of H-pyrrole nitrogens is 1. The molecular formula is C18H25ClN4OS. The average molecular weight is 381 g/mol. The van der Waals surface area contributed by atoms with Gasteiger partial charge >= 0.3 is 0 Å². The van der Waals surface area contributed by atoms with Crippen LogP contribution in [0.4, 0.5) is 5.69 Å². The molecule has 0 saturated carbocycles. The molecule has 3 N–H and O–H groups in total. The van der Waals surface area contributed by atoms with E-state index in [1.807, 2.05) is 23.9 Å². The van der Waals surface area contributed by atoms with Crippen molar-refractivity contribution in [1.82, 2.24) is 15.5 Å². The number of hydrogen-bond donors (Lipinski definition) is 3. The standard InChI is InChI=1S/C18H24N4OS.ClH/c1-11(2)24-10-13-5-4-6-15(12(13)3)20-18(23)17-14-9-19-8-7-16(14)21-22-17;/h4-6,11,19H,7-10H2,1-3H3,(H,20,23)(H,21,22);1H. The molecule has 1 aromatic heterocycles. The van der Waals surface area contributed by atoms with Crippen molar-refractivity contribution in [2.45, 2.75) is 44.7 Å². The minimum absolute atomic E-state index is 0. The third kappa shape index (κ3) is 4.57. The van der Waals surface area contributed by atoms with Crippen molar-refractivity contribution in [3.05, 3.63) is 46.3 Å². The molecule has 0 fully saturated rings. The van der Waals surface area contributed by atoms with Crippen molar-refractivity contribution in [3.8, 4) is 0 Å². The molecule has 5 nitrogen and oxygen atoms in total. The van der Waals surface area contributed by atoms with Gasteiger partial charge in [0.15, 0.2) is 5.69 Å². The van der Waals surface area contributed by atoms with Crippen LogP contribution >= 0.6 is 24.2 Å². The number of aromatic amines is 1. The number of hydrogen-bond acceptors (Lipinski definition) is 4. The Bertz CT molecular complexity index is 745. The van der Waals surface area contributed by atoms with Gasteiger partial charge in [0, 0.05) is 42.2 Å². The van der Waals surface area contributed by atoms with Gasteiger partial charge in [-0.25, -0.2) is 0 Å². The van der Waals surface area contributed by atoms with E-state index in [-0.39, 0.29) is 18.3 Å². The van der Waals surface area contributed by atoms with E-state index in [0.29, 0.717) is 17.5 Å². The summed E-state index contributed by atoms with van der Waals surface area (Å²) >= 11 is 1.90. The summed E-state index contributed by atoms with van der Waals surface area (Å²) in [6, 6.07) is 6.08. The molecule has 0 spiro atoms. The molecule has 0 atom stereocenters. The fraction of sp³-hybridized carbons (Fsp3) is 0.444. The van der Waals surface area contributed by atoms with Gasteiger partial charge in [0.05, 0.1) is 0 Å². The molecule has 0 unspecified atom stereocenters. The molecule has 1 aliphatic rings. The maximum atomic E-state index is 12.7. The lowest BCUT2D eigenvalue weighted by molar-refractivity contribution is 0.102. The Morgan fingerprint density at radius 3 is 2.96 bits per heavy atom. The highest BCUT2D eigenvalue weighted by molar-refractivity contribution is 7.99.